The minimum Gasteiger partial charge on any atom is -0.262 e. The zero-order valence-electron chi connectivity index (χ0n) is 11.2. The molecule has 0 saturated carbocycles. The standard InChI is InChI=1S/C14H11ClFN3O2S/c15-12-3-1-11(2-4-12)14(6-16)19-22(20,21)13-5-10(7-17)8-18-9-13/h1-5,8-9,14,19H,6H2. The van der Waals surface area contributed by atoms with Gasteiger partial charge in [0, 0.05) is 17.4 Å². The average Bonchev–Trinajstić information content (AvgIpc) is 2.53. The van der Waals surface area contributed by atoms with Gasteiger partial charge in [-0.15, -0.1) is 0 Å². The van der Waals surface area contributed by atoms with E-state index in [1.807, 2.05) is 0 Å². The fourth-order valence-electron chi connectivity index (χ4n) is 1.77. The summed E-state index contributed by atoms with van der Waals surface area (Å²) >= 11 is 5.75. The molecule has 2 rings (SSSR count). The summed E-state index contributed by atoms with van der Waals surface area (Å²) in [4.78, 5) is 3.49. The first kappa shape index (κ1) is 16.4. The van der Waals surface area contributed by atoms with Crippen molar-refractivity contribution in [1.82, 2.24) is 9.71 Å². The second kappa shape index (κ2) is 6.83. The van der Waals surface area contributed by atoms with Crippen molar-refractivity contribution in [3.05, 3.63) is 58.9 Å². The van der Waals surface area contributed by atoms with Gasteiger partial charge in [0.15, 0.2) is 0 Å². The summed E-state index contributed by atoms with van der Waals surface area (Å²) < 4.78 is 40.0. The number of aromatic nitrogens is 1. The van der Waals surface area contributed by atoms with Crippen LogP contribution in [0.2, 0.25) is 5.02 Å². The predicted molar refractivity (Wildman–Crippen MR) is 79.4 cm³/mol. The number of halogens is 2. The van der Waals surface area contributed by atoms with E-state index < -0.39 is 22.7 Å². The maximum absolute atomic E-state index is 13.2. The lowest BCUT2D eigenvalue weighted by Crippen LogP contribution is -2.30. The van der Waals surface area contributed by atoms with Crippen LogP contribution in [-0.4, -0.2) is 20.1 Å². The Kier molecular flexibility index (Phi) is 5.08. The van der Waals surface area contributed by atoms with Crippen LogP contribution in [0.3, 0.4) is 0 Å². The molecule has 0 aliphatic carbocycles. The van der Waals surface area contributed by atoms with Crippen molar-refractivity contribution in [3.8, 4) is 6.07 Å². The maximum Gasteiger partial charge on any atom is 0.242 e. The topological polar surface area (TPSA) is 82.8 Å². The van der Waals surface area contributed by atoms with Crippen molar-refractivity contribution in [1.29, 1.82) is 5.26 Å². The number of hydrogen-bond donors (Lipinski definition) is 1. The lowest BCUT2D eigenvalue weighted by molar-refractivity contribution is 0.414. The van der Waals surface area contributed by atoms with Crippen LogP contribution in [0, 0.1) is 11.3 Å². The number of nitrogens with one attached hydrogen (secondary N) is 1. The van der Waals surface area contributed by atoms with Crippen molar-refractivity contribution in [3.63, 3.8) is 0 Å². The highest BCUT2D eigenvalue weighted by atomic mass is 35.5. The quantitative estimate of drug-likeness (QED) is 0.907. The number of rotatable bonds is 5. The summed E-state index contributed by atoms with van der Waals surface area (Å²) in [6.07, 6.45) is 2.34. The van der Waals surface area contributed by atoms with Crippen LogP contribution >= 0.6 is 11.6 Å². The van der Waals surface area contributed by atoms with E-state index in [4.69, 9.17) is 16.9 Å². The number of alkyl halides is 1. The van der Waals surface area contributed by atoms with Crippen LogP contribution in [0.1, 0.15) is 17.2 Å². The zero-order chi connectivity index (χ0) is 16.2. The third kappa shape index (κ3) is 3.80. The van der Waals surface area contributed by atoms with Crippen LogP contribution in [0.4, 0.5) is 4.39 Å². The summed E-state index contributed by atoms with van der Waals surface area (Å²) in [5.74, 6) is 0. The fourth-order valence-corrected chi connectivity index (χ4v) is 3.08. The first-order chi connectivity index (χ1) is 10.5. The molecule has 1 heterocycles. The normalized spacial score (nSPS) is 12.6. The smallest absolute Gasteiger partial charge is 0.242 e. The predicted octanol–water partition coefficient (Wildman–Crippen LogP) is 2.60. The molecular weight excluding hydrogens is 329 g/mol. The molecule has 22 heavy (non-hydrogen) atoms. The molecule has 5 nitrogen and oxygen atoms in total. The Bertz CT molecular complexity index is 804. The van der Waals surface area contributed by atoms with Crippen molar-refractivity contribution < 1.29 is 12.8 Å². The molecule has 0 spiro atoms. The molecule has 1 atom stereocenters. The van der Waals surface area contributed by atoms with E-state index in [0.29, 0.717) is 10.6 Å². The molecule has 114 valence electrons. The molecular formula is C14H11ClFN3O2S. The van der Waals surface area contributed by atoms with Gasteiger partial charge in [0.25, 0.3) is 0 Å². The summed E-state index contributed by atoms with van der Waals surface area (Å²) in [5.41, 5.74) is 0.547. The van der Waals surface area contributed by atoms with E-state index in [2.05, 4.69) is 9.71 Å². The number of nitriles is 1. The van der Waals surface area contributed by atoms with E-state index in [-0.39, 0.29) is 10.5 Å². The van der Waals surface area contributed by atoms with Gasteiger partial charge in [0.2, 0.25) is 10.0 Å². The Hall–Kier alpha value is -2.01. The first-order valence-corrected chi connectivity index (χ1v) is 8.01. The Morgan fingerprint density at radius 3 is 2.59 bits per heavy atom. The van der Waals surface area contributed by atoms with Crippen LogP contribution in [-0.2, 0) is 10.0 Å². The Labute approximate surface area is 132 Å². The molecule has 1 aromatic carbocycles. The molecule has 8 heteroatoms. The average molecular weight is 340 g/mol. The van der Waals surface area contributed by atoms with Gasteiger partial charge in [-0.3, -0.25) is 4.98 Å². The summed E-state index contributed by atoms with van der Waals surface area (Å²) in [5, 5.41) is 9.25. The van der Waals surface area contributed by atoms with Gasteiger partial charge in [-0.05, 0) is 23.8 Å². The lowest BCUT2D eigenvalue weighted by Gasteiger charge is -2.16. The van der Waals surface area contributed by atoms with Crippen LogP contribution in [0.5, 0.6) is 0 Å². The molecule has 0 bridgehead atoms. The number of nitrogens with zero attached hydrogens (tertiary/aromatic N) is 2. The Morgan fingerprint density at radius 2 is 2.00 bits per heavy atom. The van der Waals surface area contributed by atoms with E-state index >= 15 is 0 Å². The lowest BCUT2D eigenvalue weighted by atomic mass is 10.1. The van der Waals surface area contributed by atoms with Crippen LogP contribution < -0.4 is 4.72 Å². The number of sulfonamides is 1. The molecule has 1 unspecified atom stereocenters. The molecule has 0 fully saturated rings. The van der Waals surface area contributed by atoms with Gasteiger partial charge in [-0.1, -0.05) is 23.7 Å². The van der Waals surface area contributed by atoms with Gasteiger partial charge < -0.3 is 0 Å². The minimum absolute atomic E-state index is 0.103. The molecule has 2 aromatic rings. The van der Waals surface area contributed by atoms with Gasteiger partial charge in [-0.2, -0.15) is 5.26 Å². The van der Waals surface area contributed by atoms with Gasteiger partial charge in [-0.25, -0.2) is 17.5 Å². The largest absolute Gasteiger partial charge is 0.262 e. The van der Waals surface area contributed by atoms with E-state index in [9.17, 15) is 12.8 Å². The highest BCUT2D eigenvalue weighted by molar-refractivity contribution is 7.89. The molecule has 0 aliphatic heterocycles. The number of pyridine rings is 1. The highest BCUT2D eigenvalue weighted by Crippen LogP contribution is 2.20. The van der Waals surface area contributed by atoms with Crippen LogP contribution in [0.25, 0.3) is 0 Å². The number of hydrogen-bond acceptors (Lipinski definition) is 4. The van der Waals surface area contributed by atoms with Crippen molar-refractivity contribution in [2.24, 2.45) is 0 Å². The molecule has 1 N–H and O–H groups in total. The molecule has 0 aliphatic rings. The Morgan fingerprint density at radius 1 is 1.32 bits per heavy atom. The van der Waals surface area contributed by atoms with Crippen molar-refractivity contribution in [2.45, 2.75) is 10.9 Å². The maximum atomic E-state index is 13.2. The Balaban J connectivity index is 2.29. The van der Waals surface area contributed by atoms with Crippen LogP contribution in [0.15, 0.2) is 47.6 Å². The number of benzene rings is 1. The highest BCUT2D eigenvalue weighted by Gasteiger charge is 2.22. The van der Waals surface area contributed by atoms with Gasteiger partial charge in [0.1, 0.15) is 17.6 Å². The fraction of sp³-hybridized carbons (Fsp3) is 0.143. The van der Waals surface area contributed by atoms with E-state index in [0.717, 1.165) is 6.20 Å². The first-order valence-electron chi connectivity index (χ1n) is 6.15. The zero-order valence-corrected chi connectivity index (χ0v) is 12.8. The molecule has 1 aromatic heterocycles. The molecule has 0 amide bonds. The van der Waals surface area contributed by atoms with Crippen molar-refractivity contribution >= 4 is 21.6 Å². The van der Waals surface area contributed by atoms with Crippen molar-refractivity contribution in [2.75, 3.05) is 6.67 Å². The van der Waals surface area contributed by atoms with E-state index in [1.165, 1.54) is 12.3 Å². The van der Waals surface area contributed by atoms with Gasteiger partial charge in [0.05, 0.1) is 11.6 Å². The molecule has 0 saturated heterocycles. The monoisotopic (exact) mass is 339 g/mol. The third-order valence-corrected chi connectivity index (χ3v) is 4.57. The summed E-state index contributed by atoms with van der Waals surface area (Å²) in [6.45, 7) is -0.924. The second-order valence-electron chi connectivity index (χ2n) is 4.40. The summed E-state index contributed by atoms with van der Waals surface area (Å²) in [7, 11) is -4.00. The van der Waals surface area contributed by atoms with Gasteiger partial charge >= 0.3 is 0 Å². The SMILES string of the molecule is N#Cc1cncc(S(=O)(=O)NC(CF)c2ccc(Cl)cc2)c1. The summed E-state index contributed by atoms with van der Waals surface area (Å²) in [6, 6.07) is 8.10. The minimum atomic E-state index is -4.00. The third-order valence-electron chi connectivity index (χ3n) is 2.88. The second-order valence-corrected chi connectivity index (χ2v) is 6.55. The van der Waals surface area contributed by atoms with E-state index in [1.54, 1.807) is 30.3 Å². The molecule has 0 radical (unpaired) electrons.